The molecule has 1 aromatic carbocycles. The van der Waals surface area contributed by atoms with Gasteiger partial charge in [-0.2, -0.15) is 0 Å². The summed E-state index contributed by atoms with van der Waals surface area (Å²) in [7, 11) is 0. The molecule has 0 spiro atoms. The number of pyridine rings is 1. The van der Waals surface area contributed by atoms with Crippen LogP contribution < -0.4 is 11.5 Å². The number of aryl methyl sites for hydroxylation is 1. The van der Waals surface area contributed by atoms with Crippen molar-refractivity contribution in [1.82, 2.24) is 4.98 Å². The fraction of sp³-hybridized carbons (Fsp3) is 0.143. The molecule has 92 valence electrons. The van der Waals surface area contributed by atoms with E-state index in [1.54, 1.807) is 30.5 Å². The lowest BCUT2D eigenvalue weighted by Gasteiger charge is -2.06. The van der Waals surface area contributed by atoms with Crippen LogP contribution in [0.5, 0.6) is 0 Å². The highest BCUT2D eigenvalue weighted by atomic mass is 16.1. The maximum Gasteiger partial charge on any atom is 0.167 e. The molecule has 0 saturated carbocycles. The number of nitrogen functional groups attached to an aromatic ring is 2. The highest BCUT2D eigenvalue weighted by Gasteiger charge is 2.10. The topological polar surface area (TPSA) is 82.0 Å². The first-order chi connectivity index (χ1) is 8.58. The molecule has 0 saturated heterocycles. The van der Waals surface area contributed by atoms with Crippen LogP contribution in [0.25, 0.3) is 0 Å². The summed E-state index contributed by atoms with van der Waals surface area (Å²) < 4.78 is 0. The Hall–Kier alpha value is -2.36. The molecule has 4 nitrogen and oxygen atoms in total. The number of aromatic nitrogens is 1. The standard InChI is InChI=1S/C14H15N3O/c1-9-7-10(4-5-12(9)15)13(18)8-11-3-2-6-17-14(11)16/h2-7H,8,15H2,1H3,(H2,16,17). The number of ketones is 1. The van der Waals surface area contributed by atoms with E-state index in [2.05, 4.69) is 4.98 Å². The van der Waals surface area contributed by atoms with Gasteiger partial charge in [0, 0.05) is 29.4 Å². The number of rotatable bonds is 3. The van der Waals surface area contributed by atoms with Gasteiger partial charge < -0.3 is 11.5 Å². The van der Waals surface area contributed by atoms with Crippen LogP contribution in [0.1, 0.15) is 21.5 Å². The monoisotopic (exact) mass is 241 g/mol. The largest absolute Gasteiger partial charge is 0.399 e. The third kappa shape index (κ3) is 2.48. The molecular weight excluding hydrogens is 226 g/mol. The van der Waals surface area contributed by atoms with Gasteiger partial charge in [-0.25, -0.2) is 4.98 Å². The van der Waals surface area contributed by atoms with E-state index >= 15 is 0 Å². The SMILES string of the molecule is Cc1cc(C(=O)Cc2cccnc2N)ccc1N. The molecule has 0 fully saturated rings. The molecule has 0 aliphatic carbocycles. The maximum atomic E-state index is 12.1. The van der Waals surface area contributed by atoms with Crippen LogP contribution in [0.15, 0.2) is 36.5 Å². The van der Waals surface area contributed by atoms with E-state index < -0.39 is 0 Å². The minimum Gasteiger partial charge on any atom is -0.399 e. The average Bonchev–Trinajstić information content (AvgIpc) is 2.35. The Morgan fingerprint density at radius 1 is 1.28 bits per heavy atom. The number of nitrogens with two attached hydrogens (primary N) is 2. The van der Waals surface area contributed by atoms with E-state index in [1.165, 1.54) is 0 Å². The van der Waals surface area contributed by atoms with E-state index in [1.807, 2.05) is 13.0 Å². The van der Waals surface area contributed by atoms with Crippen molar-refractivity contribution < 1.29 is 4.79 Å². The second-order valence-electron chi connectivity index (χ2n) is 4.22. The maximum absolute atomic E-state index is 12.1. The van der Waals surface area contributed by atoms with E-state index in [0.29, 0.717) is 17.1 Å². The van der Waals surface area contributed by atoms with Crippen LogP contribution >= 0.6 is 0 Å². The molecule has 0 unspecified atom stereocenters. The Labute approximate surface area is 106 Å². The van der Waals surface area contributed by atoms with Crippen molar-refractivity contribution in [3.63, 3.8) is 0 Å². The minimum absolute atomic E-state index is 0.0119. The Morgan fingerprint density at radius 3 is 2.72 bits per heavy atom. The summed E-state index contributed by atoms with van der Waals surface area (Å²) in [5.74, 6) is 0.413. The summed E-state index contributed by atoms with van der Waals surface area (Å²) in [4.78, 5) is 16.1. The number of hydrogen-bond donors (Lipinski definition) is 2. The molecule has 0 aliphatic heterocycles. The van der Waals surface area contributed by atoms with E-state index in [9.17, 15) is 4.79 Å². The highest BCUT2D eigenvalue weighted by Crippen LogP contribution is 2.16. The van der Waals surface area contributed by atoms with Crippen LogP contribution in [0, 0.1) is 6.92 Å². The first kappa shape index (κ1) is 12.1. The number of Topliss-reactive ketones (excluding diaryl/α,β-unsaturated/α-hetero) is 1. The number of benzene rings is 1. The van der Waals surface area contributed by atoms with Crippen molar-refractivity contribution in [2.24, 2.45) is 0 Å². The van der Waals surface area contributed by atoms with Crippen molar-refractivity contribution in [2.45, 2.75) is 13.3 Å². The zero-order chi connectivity index (χ0) is 13.1. The molecule has 1 heterocycles. The molecule has 0 atom stereocenters. The fourth-order valence-corrected chi connectivity index (χ4v) is 1.72. The lowest BCUT2D eigenvalue weighted by Crippen LogP contribution is -2.07. The fourth-order valence-electron chi connectivity index (χ4n) is 1.72. The van der Waals surface area contributed by atoms with Crippen LogP contribution in [0.4, 0.5) is 11.5 Å². The molecule has 2 aromatic rings. The molecule has 0 bridgehead atoms. The molecule has 0 amide bonds. The van der Waals surface area contributed by atoms with Crippen molar-refractivity contribution in [3.05, 3.63) is 53.2 Å². The Morgan fingerprint density at radius 2 is 2.06 bits per heavy atom. The third-order valence-corrected chi connectivity index (χ3v) is 2.87. The zero-order valence-corrected chi connectivity index (χ0v) is 10.2. The van der Waals surface area contributed by atoms with Crippen LogP contribution in [-0.2, 0) is 6.42 Å². The van der Waals surface area contributed by atoms with Gasteiger partial charge in [-0.1, -0.05) is 6.07 Å². The molecular formula is C14H15N3O. The van der Waals surface area contributed by atoms with Crippen molar-refractivity contribution in [1.29, 1.82) is 0 Å². The second kappa shape index (κ2) is 4.87. The molecule has 0 aliphatic rings. The first-order valence-corrected chi connectivity index (χ1v) is 5.66. The third-order valence-electron chi connectivity index (χ3n) is 2.87. The van der Waals surface area contributed by atoms with Crippen LogP contribution in [-0.4, -0.2) is 10.8 Å². The van der Waals surface area contributed by atoms with E-state index in [-0.39, 0.29) is 12.2 Å². The number of carbonyl (C=O) groups is 1. The van der Waals surface area contributed by atoms with Crippen LogP contribution in [0.2, 0.25) is 0 Å². The van der Waals surface area contributed by atoms with Crippen molar-refractivity contribution in [2.75, 3.05) is 11.5 Å². The first-order valence-electron chi connectivity index (χ1n) is 5.66. The number of nitrogens with zero attached hydrogens (tertiary/aromatic N) is 1. The average molecular weight is 241 g/mol. The van der Waals surface area contributed by atoms with Gasteiger partial charge >= 0.3 is 0 Å². The predicted octanol–water partition coefficient (Wildman–Crippen LogP) is 1.98. The molecule has 2 rings (SSSR count). The highest BCUT2D eigenvalue weighted by molar-refractivity contribution is 5.98. The molecule has 4 heteroatoms. The van der Waals surface area contributed by atoms with Gasteiger partial charge in [0.2, 0.25) is 0 Å². The summed E-state index contributed by atoms with van der Waals surface area (Å²) in [6.07, 6.45) is 1.86. The summed E-state index contributed by atoms with van der Waals surface area (Å²) in [5, 5.41) is 0. The Bertz CT molecular complexity index is 593. The summed E-state index contributed by atoms with van der Waals surface area (Å²) in [5.41, 5.74) is 14.4. The van der Waals surface area contributed by atoms with Gasteiger partial charge in [-0.15, -0.1) is 0 Å². The lowest BCUT2D eigenvalue weighted by molar-refractivity contribution is 0.0993. The summed E-state index contributed by atoms with van der Waals surface area (Å²) in [6.45, 7) is 1.88. The van der Waals surface area contributed by atoms with Gasteiger partial charge in [0.15, 0.2) is 5.78 Å². The Balaban J connectivity index is 2.22. The second-order valence-corrected chi connectivity index (χ2v) is 4.22. The number of carbonyl (C=O) groups excluding carboxylic acids is 1. The van der Waals surface area contributed by atoms with Gasteiger partial charge in [0.1, 0.15) is 5.82 Å². The van der Waals surface area contributed by atoms with Gasteiger partial charge in [0.25, 0.3) is 0 Å². The Kier molecular flexibility index (Phi) is 3.28. The predicted molar refractivity (Wildman–Crippen MR) is 72.3 cm³/mol. The molecule has 18 heavy (non-hydrogen) atoms. The lowest BCUT2D eigenvalue weighted by atomic mass is 10.0. The smallest absolute Gasteiger partial charge is 0.167 e. The van der Waals surface area contributed by atoms with Crippen molar-refractivity contribution in [3.8, 4) is 0 Å². The molecule has 4 N–H and O–H groups in total. The van der Waals surface area contributed by atoms with Crippen LogP contribution in [0.3, 0.4) is 0 Å². The van der Waals surface area contributed by atoms with Gasteiger partial charge in [-0.3, -0.25) is 4.79 Å². The quantitative estimate of drug-likeness (QED) is 0.636. The van der Waals surface area contributed by atoms with Crippen molar-refractivity contribution >= 4 is 17.3 Å². The molecule has 0 radical (unpaired) electrons. The zero-order valence-electron chi connectivity index (χ0n) is 10.2. The summed E-state index contributed by atoms with van der Waals surface area (Å²) in [6, 6.07) is 8.86. The molecule has 1 aromatic heterocycles. The van der Waals surface area contributed by atoms with E-state index in [4.69, 9.17) is 11.5 Å². The van der Waals surface area contributed by atoms with E-state index in [0.717, 1.165) is 11.1 Å². The normalized spacial score (nSPS) is 10.3. The summed E-state index contributed by atoms with van der Waals surface area (Å²) >= 11 is 0. The van der Waals surface area contributed by atoms with Gasteiger partial charge in [0.05, 0.1) is 0 Å². The number of hydrogen-bond acceptors (Lipinski definition) is 4. The minimum atomic E-state index is 0.0119. The van der Waals surface area contributed by atoms with Gasteiger partial charge in [-0.05, 0) is 36.8 Å². The number of anilines is 2.